The average Bonchev–Trinajstić information content (AvgIpc) is 2.40. The second kappa shape index (κ2) is 5.19. The van der Waals surface area contributed by atoms with Crippen LogP contribution in [-0.2, 0) is 0 Å². The quantitative estimate of drug-likeness (QED) is 0.655. The van der Waals surface area contributed by atoms with E-state index in [1.165, 1.54) is 12.1 Å². The molecule has 5 nitrogen and oxygen atoms in total. The van der Waals surface area contributed by atoms with Crippen molar-refractivity contribution in [1.29, 1.82) is 0 Å². The Morgan fingerprint density at radius 1 is 1.26 bits per heavy atom. The average molecular weight is 261 g/mol. The number of rotatable bonds is 3. The number of halogens is 1. The fourth-order valence-corrected chi connectivity index (χ4v) is 1.89. The summed E-state index contributed by atoms with van der Waals surface area (Å²) >= 11 is 0. The molecule has 0 fully saturated rings. The van der Waals surface area contributed by atoms with Crippen molar-refractivity contribution in [1.82, 2.24) is 9.97 Å². The van der Waals surface area contributed by atoms with Crippen LogP contribution in [0.5, 0.6) is 0 Å². The predicted molar refractivity (Wildman–Crippen MR) is 73.8 cm³/mol. The first-order valence-electron chi connectivity index (χ1n) is 5.84. The molecule has 0 saturated carbocycles. The number of anilines is 3. The van der Waals surface area contributed by atoms with Gasteiger partial charge >= 0.3 is 0 Å². The Labute approximate surface area is 111 Å². The van der Waals surface area contributed by atoms with Gasteiger partial charge in [-0.25, -0.2) is 20.2 Å². The molecule has 0 amide bonds. The Hall–Kier alpha value is -2.21. The van der Waals surface area contributed by atoms with Crippen molar-refractivity contribution in [2.75, 3.05) is 17.4 Å². The summed E-state index contributed by atoms with van der Waals surface area (Å²) in [5.74, 6) is 6.99. The van der Waals surface area contributed by atoms with Crippen molar-refractivity contribution < 1.29 is 4.39 Å². The van der Waals surface area contributed by atoms with E-state index in [0.29, 0.717) is 23.1 Å². The molecule has 6 heteroatoms. The van der Waals surface area contributed by atoms with Crippen molar-refractivity contribution >= 4 is 17.3 Å². The van der Waals surface area contributed by atoms with Gasteiger partial charge in [-0.05, 0) is 32.0 Å². The zero-order valence-electron chi connectivity index (χ0n) is 11.1. The number of hydrazine groups is 1. The number of nitrogen functional groups attached to an aromatic ring is 1. The second-order valence-electron chi connectivity index (χ2n) is 4.25. The van der Waals surface area contributed by atoms with E-state index in [2.05, 4.69) is 15.4 Å². The lowest BCUT2D eigenvalue weighted by atomic mass is 10.2. The van der Waals surface area contributed by atoms with Crippen molar-refractivity contribution in [3.8, 4) is 0 Å². The van der Waals surface area contributed by atoms with Gasteiger partial charge in [-0.3, -0.25) is 0 Å². The number of aryl methyl sites for hydroxylation is 1. The highest BCUT2D eigenvalue weighted by Gasteiger charge is 2.14. The number of aromatic nitrogens is 2. The van der Waals surface area contributed by atoms with E-state index in [1.54, 1.807) is 17.9 Å². The molecule has 2 aromatic rings. The third-order valence-corrected chi connectivity index (χ3v) is 2.88. The highest BCUT2D eigenvalue weighted by Crippen LogP contribution is 2.28. The summed E-state index contributed by atoms with van der Waals surface area (Å²) in [7, 11) is 1.82. The van der Waals surface area contributed by atoms with E-state index in [9.17, 15) is 4.39 Å². The van der Waals surface area contributed by atoms with E-state index in [1.807, 2.05) is 20.0 Å². The molecule has 0 aliphatic heterocycles. The molecule has 0 aliphatic carbocycles. The van der Waals surface area contributed by atoms with Crippen LogP contribution in [0.15, 0.2) is 24.3 Å². The van der Waals surface area contributed by atoms with Gasteiger partial charge in [0.05, 0.1) is 0 Å². The highest BCUT2D eigenvalue weighted by atomic mass is 19.1. The fourth-order valence-electron chi connectivity index (χ4n) is 1.89. The Morgan fingerprint density at radius 2 is 2.00 bits per heavy atom. The summed E-state index contributed by atoms with van der Waals surface area (Å²) < 4.78 is 13.3. The van der Waals surface area contributed by atoms with Crippen LogP contribution in [0, 0.1) is 19.7 Å². The van der Waals surface area contributed by atoms with Crippen molar-refractivity contribution in [2.24, 2.45) is 5.84 Å². The molecule has 100 valence electrons. The molecule has 0 saturated heterocycles. The smallest absolute Gasteiger partial charge is 0.148 e. The summed E-state index contributed by atoms with van der Waals surface area (Å²) in [6, 6.07) is 6.33. The molecular formula is C13H16FN5. The van der Waals surface area contributed by atoms with Crippen LogP contribution in [0.25, 0.3) is 0 Å². The van der Waals surface area contributed by atoms with Gasteiger partial charge in [0.15, 0.2) is 0 Å². The van der Waals surface area contributed by atoms with E-state index in [-0.39, 0.29) is 5.82 Å². The largest absolute Gasteiger partial charge is 0.329 e. The molecule has 0 spiro atoms. The van der Waals surface area contributed by atoms with Gasteiger partial charge in [0.1, 0.15) is 23.3 Å². The second-order valence-corrected chi connectivity index (χ2v) is 4.25. The van der Waals surface area contributed by atoms with Crippen LogP contribution in [0.4, 0.5) is 21.7 Å². The normalized spacial score (nSPS) is 10.4. The number of benzene rings is 1. The molecular weight excluding hydrogens is 245 g/mol. The first kappa shape index (κ1) is 13.2. The predicted octanol–water partition coefficient (Wildman–Crippen LogP) is 2.29. The van der Waals surface area contributed by atoms with Crippen molar-refractivity contribution in [3.05, 3.63) is 41.5 Å². The third-order valence-electron chi connectivity index (χ3n) is 2.88. The number of hydrogen-bond acceptors (Lipinski definition) is 5. The van der Waals surface area contributed by atoms with E-state index in [0.717, 1.165) is 5.56 Å². The van der Waals surface area contributed by atoms with Crippen LogP contribution < -0.4 is 16.2 Å². The molecule has 2 rings (SSSR count). The Bertz CT molecular complexity index is 600. The molecule has 3 N–H and O–H groups in total. The van der Waals surface area contributed by atoms with Crippen molar-refractivity contribution in [2.45, 2.75) is 13.8 Å². The van der Waals surface area contributed by atoms with Gasteiger partial charge in [0.25, 0.3) is 0 Å². The van der Waals surface area contributed by atoms with Gasteiger partial charge in [0, 0.05) is 18.3 Å². The molecule has 0 unspecified atom stereocenters. The number of nitrogens with zero attached hydrogens (tertiary/aromatic N) is 3. The van der Waals surface area contributed by atoms with Gasteiger partial charge in [-0.15, -0.1) is 0 Å². The van der Waals surface area contributed by atoms with Gasteiger partial charge in [-0.1, -0.05) is 6.07 Å². The molecule has 0 atom stereocenters. The molecule has 1 aromatic heterocycles. The van der Waals surface area contributed by atoms with Crippen molar-refractivity contribution in [3.63, 3.8) is 0 Å². The Kier molecular flexibility index (Phi) is 3.62. The highest BCUT2D eigenvalue weighted by molar-refractivity contribution is 5.66. The first-order chi connectivity index (χ1) is 9.02. The molecule has 19 heavy (non-hydrogen) atoms. The minimum Gasteiger partial charge on any atom is -0.329 e. The summed E-state index contributed by atoms with van der Waals surface area (Å²) in [5.41, 5.74) is 4.06. The fraction of sp³-hybridized carbons (Fsp3) is 0.231. The standard InChI is InChI=1S/C13H16FN5/c1-8-12(18-15)16-9(2)17-13(8)19(3)11-6-4-5-10(14)7-11/h4-7H,15H2,1-3H3,(H,16,17,18). The summed E-state index contributed by atoms with van der Waals surface area (Å²) in [5, 5.41) is 0. The van der Waals surface area contributed by atoms with Gasteiger partial charge in [-0.2, -0.15) is 0 Å². The molecule has 1 aromatic carbocycles. The molecule has 0 radical (unpaired) electrons. The third kappa shape index (κ3) is 2.63. The summed E-state index contributed by atoms with van der Waals surface area (Å²) in [6.45, 7) is 3.64. The lowest BCUT2D eigenvalue weighted by molar-refractivity contribution is 0.628. The Morgan fingerprint density at radius 3 is 2.63 bits per heavy atom. The van der Waals surface area contributed by atoms with E-state index < -0.39 is 0 Å². The zero-order valence-corrected chi connectivity index (χ0v) is 11.1. The number of nitrogens with one attached hydrogen (secondary N) is 1. The summed E-state index contributed by atoms with van der Waals surface area (Å²) in [6.07, 6.45) is 0. The molecule has 1 heterocycles. The number of nitrogens with two attached hydrogens (primary N) is 1. The van der Waals surface area contributed by atoms with E-state index >= 15 is 0 Å². The lowest BCUT2D eigenvalue weighted by Crippen LogP contribution is -2.18. The molecule has 0 aliphatic rings. The van der Waals surface area contributed by atoms with Gasteiger partial charge < -0.3 is 10.3 Å². The van der Waals surface area contributed by atoms with Crippen LogP contribution >= 0.6 is 0 Å². The SMILES string of the molecule is Cc1nc(NN)c(C)c(N(C)c2cccc(F)c2)n1. The Balaban J connectivity index is 2.49. The maximum absolute atomic E-state index is 13.3. The minimum absolute atomic E-state index is 0.287. The first-order valence-corrected chi connectivity index (χ1v) is 5.84. The van der Waals surface area contributed by atoms with Crippen LogP contribution in [0.1, 0.15) is 11.4 Å². The topological polar surface area (TPSA) is 67.1 Å². The maximum Gasteiger partial charge on any atom is 0.148 e. The zero-order chi connectivity index (χ0) is 14.0. The van der Waals surface area contributed by atoms with Crippen LogP contribution in [0.3, 0.4) is 0 Å². The lowest BCUT2D eigenvalue weighted by Gasteiger charge is -2.21. The summed E-state index contributed by atoms with van der Waals surface area (Å²) in [4.78, 5) is 10.4. The minimum atomic E-state index is -0.287. The van der Waals surface area contributed by atoms with E-state index in [4.69, 9.17) is 5.84 Å². The monoisotopic (exact) mass is 261 g/mol. The van der Waals surface area contributed by atoms with Crippen LogP contribution in [-0.4, -0.2) is 17.0 Å². The maximum atomic E-state index is 13.3. The molecule has 0 bridgehead atoms. The van der Waals surface area contributed by atoms with Gasteiger partial charge in [0.2, 0.25) is 0 Å². The number of hydrogen-bond donors (Lipinski definition) is 2. The van der Waals surface area contributed by atoms with Crippen LogP contribution in [0.2, 0.25) is 0 Å².